The fraction of sp³-hybridized carbons (Fsp3) is 0.737. The van der Waals surface area contributed by atoms with Crippen LogP contribution in [0.5, 0.6) is 0 Å². The summed E-state index contributed by atoms with van der Waals surface area (Å²) in [7, 11) is 0. The first-order chi connectivity index (χ1) is 13.1. The predicted octanol–water partition coefficient (Wildman–Crippen LogP) is 0.911. The number of carbonyl (C=O) groups is 2. The monoisotopic (exact) mass is 376 g/mol. The van der Waals surface area contributed by atoms with Crippen LogP contribution < -0.4 is 0 Å². The smallest absolute Gasteiger partial charge is 0.292 e. The van der Waals surface area contributed by atoms with E-state index in [9.17, 15) is 9.59 Å². The van der Waals surface area contributed by atoms with E-state index >= 15 is 0 Å². The molecule has 2 saturated heterocycles. The summed E-state index contributed by atoms with van der Waals surface area (Å²) in [5, 5.41) is 3.78. The summed E-state index contributed by atoms with van der Waals surface area (Å²) >= 11 is 0. The fourth-order valence-corrected chi connectivity index (χ4v) is 4.42. The van der Waals surface area contributed by atoms with Crippen molar-refractivity contribution >= 4 is 11.8 Å². The number of carbonyl (C=O) groups excluding carboxylic acids is 2. The van der Waals surface area contributed by atoms with E-state index in [1.54, 1.807) is 17.9 Å². The highest BCUT2D eigenvalue weighted by atomic mass is 16.5. The van der Waals surface area contributed by atoms with Crippen molar-refractivity contribution in [1.29, 1.82) is 0 Å². The molecular formula is C19H28N4O4. The van der Waals surface area contributed by atoms with E-state index in [0.717, 1.165) is 12.8 Å². The third kappa shape index (κ3) is 4.01. The van der Waals surface area contributed by atoms with E-state index in [4.69, 9.17) is 9.26 Å². The van der Waals surface area contributed by atoms with Gasteiger partial charge in [0.1, 0.15) is 0 Å². The zero-order valence-corrected chi connectivity index (χ0v) is 15.9. The quantitative estimate of drug-likeness (QED) is 0.780. The SMILES string of the molecule is Cc1cc(C(=O)N2CCN(CC(=O)N3CCOC4CCCCC43)CC2)on1. The van der Waals surface area contributed by atoms with E-state index in [0.29, 0.717) is 51.6 Å². The summed E-state index contributed by atoms with van der Waals surface area (Å²) in [6, 6.07) is 1.91. The Kier molecular flexibility index (Phi) is 5.45. The number of fused-ring (bicyclic) bond motifs is 1. The number of morpholine rings is 1. The second kappa shape index (κ2) is 7.98. The van der Waals surface area contributed by atoms with Crippen molar-refractivity contribution in [1.82, 2.24) is 19.9 Å². The number of rotatable bonds is 3. The zero-order valence-electron chi connectivity index (χ0n) is 15.9. The van der Waals surface area contributed by atoms with Crippen LogP contribution in [0.4, 0.5) is 0 Å². The largest absolute Gasteiger partial charge is 0.374 e. The van der Waals surface area contributed by atoms with Crippen LogP contribution >= 0.6 is 0 Å². The number of piperazine rings is 1. The van der Waals surface area contributed by atoms with Crippen molar-refractivity contribution in [2.45, 2.75) is 44.8 Å². The Bertz CT molecular complexity index is 681. The van der Waals surface area contributed by atoms with Gasteiger partial charge in [0.15, 0.2) is 0 Å². The van der Waals surface area contributed by atoms with Gasteiger partial charge in [0.05, 0.1) is 31.0 Å². The van der Waals surface area contributed by atoms with E-state index in [2.05, 4.69) is 10.1 Å². The molecule has 0 bridgehead atoms. The Morgan fingerprint density at radius 3 is 2.67 bits per heavy atom. The molecule has 2 atom stereocenters. The van der Waals surface area contributed by atoms with E-state index in [1.165, 1.54) is 12.8 Å². The average Bonchev–Trinajstić information content (AvgIpc) is 3.14. The van der Waals surface area contributed by atoms with Crippen LogP contribution in [0, 0.1) is 6.92 Å². The first-order valence-electron chi connectivity index (χ1n) is 9.98. The summed E-state index contributed by atoms with van der Waals surface area (Å²) in [4.78, 5) is 31.3. The lowest BCUT2D eigenvalue weighted by atomic mass is 9.90. The van der Waals surface area contributed by atoms with Crippen LogP contribution in [0.15, 0.2) is 10.6 Å². The molecule has 1 aromatic rings. The molecule has 27 heavy (non-hydrogen) atoms. The molecule has 2 aliphatic heterocycles. The molecule has 1 aromatic heterocycles. The minimum Gasteiger partial charge on any atom is -0.374 e. The van der Waals surface area contributed by atoms with Crippen LogP contribution in [0.25, 0.3) is 0 Å². The van der Waals surface area contributed by atoms with Gasteiger partial charge >= 0.3 is 0 Å². The molecule has 3 fully saturated rings. The van der Waals surface area contributed by atoms with Gasteiger partial charge in [-0.2, -0.15) is 0 Å². The highest BCUT2D eigenvalue weighted by Gasteiger charge is 2.37. The minimum atomic E-state index is -0.125. The average molecular weight is 376 g/mol. The summed E-state index contributed by atoms with van der Waals surface area (Å²) in [6.07, 6.45) is 4.71. The fourth-order valence-electron chi connectivity index (χ4n) is 4.42. The highest BCUT2D eigenvalue weighted by Crippen LogP contribution is 2.28. The van der Waals surface area contributed by atoms with Gasteiger partial charge < -0.3 is 19.1 Å². The van der Waals surface area contributed by atoms with Crippen molar-refractivity contribution in [3.05, 3.63) is 17.5 Å². The molecule has 0 spiro atoms. The number of hydrogen-bond donors (Lipinski definition) is 0. The van der Waals surface area contributed by atoms with Crippen molar-refractivity contribution in [2.24, 2.45) is 0 Å². The second-order valence-electron chi connectivity index (χ2n) is 7.75. The van der Waals surface area contributed by atoms with E-state index < -0.39 is 0 Å². The van der Waals surface area contributed by atoms with Crippen molar-refractivity contribution in [3.8, 4) is 0 Å². The zero-order chi connectivity index (χ0) is 18.8. The Labute approximate surface area is 159 Å². The Balaban J connectivity index is 1.28. The van der Waals surface area contributed by atoms with Gasteiger partial charge in [0.25, 0.3) is 5.91 Å². The van der Waals surface area contributed by atoms with Crippen molar-refractivity contribution in [3.63, 3.8) is 0 Å². The molecule has 0 radical (unpaired) electrons. The number of hydrogen-bond acceptors (Lipinski definition) is 6. The summed E-state index contributed by atoms with van der Waals surface area (Å²) in [6.45, 7) is 6.15. The normalized spacial score (nSPS) is 26.7. The molecule has 2 amide bonds. The van der Waals surface area contributed by atoms with Crippen molar-refractivity contribution < 1.29 is 18.8 Å². The highest BCUT2D eigenvalue weighted by molar-refractivity contribution is 5.91. The maximum Gasteiger partial charge on any atom is 0.292 e. The molecule has 4 rings (SSSR count). The summed E-state index contributed by atoms with van der Waals surface area (Å²) in [5.41, 5.74) is 0.703. The van der Waals surface area contributed by atoms with E-state index in [1.807, 2.05) is 4.90 Å². The molecule has 148 valence electrons. The van der Waals surface area contributed by atoms with Gasteiger partial charge in [-0.1, -0.05) is 18.0 Å². The summed E-state index contributed by atoms with van der Waals surface area (Å²) in [5.74, 6) is 0.356. The van der Waals surface area contributed by atoms with Gasteiger partial charge in [-0.3, -0.25) is 14.5 Å². The van der Waals surface area contributed by atoms with Gasteiger partial charge in [-0.05, 0) is 19.8 Å². The molecule has 3 heterocycles. The maximum absolute atomic E-state index is 12.9. The molecular weight excluding hydrogens is 348 g/mol. The van der Waals surface area contributed by atoms with Crippen LogP contribution in [0.1, 0.15) is 41.9 Å². The van der Waals surface area contributed by atoms with Crippen LogP contribution in [-0.4, -0.2) is 89.7 Å². The molecule has 1 aliphatic carbocycles. The summed E-state index contributed by atoms with van der Waals surface area (Å²) < 4.78 is 10.9. The Hall–Kier alpha value is -1.93. The second-order valence-corrected chi connectivity index (χ2v) is 7.75. The molecule has 0 N–H and O–H groups in total. The minimum absolute atomic E-state index is 0.125. The van der Waals surface area contributed by atoms with Gasteiger partial charge in [-0.15, -0.1) is 0 Å². The standard InChI is InChI=1S/C19H28N4O4/c1-14-12-17(27-20-14)19(25)22-8-6-21(7-9-22)13-18(24)23-10-11-26-16-5-3-2-4-15(16)23/h12,15-16H,2-11,13H2,1H3. The molecule has 1 saturated carbocycles. The third-order valence-electron chi connectivity index (χ3n) is 5.91. The van der Waals surface area contributed by atoms with Gasteiger partial charge in [-0.25, -0.2) is 0 Å². The predicted molar refractivity (Wildman–Crippen MR) is 97.3 cm³/mol. The topological polar surface area (TPSA) is 79.1 Å². The Morgan fingerprint density at radius 1 is 1.15 bits per heavy atom. The molecule has 8 heteroatoms. The van der Waals surface area contributed by atoms with Crippen LogP contribution in [0.2, 0.25) is 0 Å². The number of ether oxygens (including phenoxy) is 1. The molecule has 0 aromatic carbocycles. The van der Waals surface area contributed by atoms with E-state index in [-0.39, 0.29) is 29.7 Å². The Morgan fingerprint density at radius 2 is 1.93 bits per heavy atom. The van der Waals surface area contributed by atoms with Gasteiger partial charge in [0.2, 0.25) is 11.7 Å². The van der Waals surface area contributed by atoms with Crippen molar-refractivity contribution in [2.75, 3.05) is 45.9 Å². The lowest BCUT2D eigenvalue weighted by Crippen LogP contribution is -2.58. The first kappa shape index (κ1) is 18.4. The first-order valence-corrected chi connectivity index (χ1v) is 9.98. The lowest BCUT2D eigenvalue weighted by Gasteiger charge is -2.44. The number of aryl methyl sites for hydroxylation is 1. The maximum atomic E-state index is 12.9. The third-order valence-corrected chi connectivity index (χ3v) is 5.91. The molecule has 3 aliphatic rings. The van der Waals surface area contributed by atoms with Crippen LogP contribution in [-0.2, 0) is 9.53 Å². The molecule has 8 nitrogen and oxygen atoms in total. The van der Waals surface area contributed by atoms with Crippen LogP contribution in [0.3, 0.4) is 0 Å². The number of aromatic nitrogens is 1. The lowest BCUT2D eigenvalue weighted by molar-refractivity contribution is -0.150. The number of amides is 2. The number of nitrogens with zero attached hydrogens (tertiary/aromatic N) is 4. The van der Waals surface area contributed by atoms with Gasteiger partial charge in [0, 0.05) is 38.8 Å². The molecule has 2 unspecified atom stereocenters.